The maximum absolute atomic E-state index is 12.4. The van der Waals surface area contributed by atoms with Crippen LogP contribution in [-0.4, -0.2) is 64.6 Å². The van der Waals surface area contributed by atoms with E-state index in [0.29, 0.717) is 18.5 Å². The number of ether oxygens (including phenoxy) is 2. The van der Waals surface area contributed by atoms with Gasteiger partial charge in [-0.15, -0.1) is 0 Å². The van der Waals surface area contributed by atoms with Gasteiger partial charge in [0.2, 0.25) is 0 Å². The average molecular weight is 624 g/mol. The fraction of sp³-hybridized carbons (Fsp3) is 0.314. The lowest BCUT2D eigenvalue weighted by Crippen LogP contribution is -2.49. The Balaban J connectivity index is 1.10. The zero-order valence-electron chi connectivity index (χ0n) is 25.4. The zero-order valence-corrected chi connectivity index (χ0v) is 25.4. The van der Waals surface area contributed by atoms with E-state index < -0.39 is 6.29 Å². The molecule has 3 heterocycles. The van der Waals surface area contributed by atoms with E-state index in [1.54, 1.807) is 36.7 Å². The number of carbonyl (C=O) groups is 1. The number of nitrogens with one attached hydrogen (secondary N) is 1. The summed E-state index contributed by atoms with van der Waals surface area (Å²) in [6.45, 7) is 4.44. The minimum atomic E-state index is -0.568. The highest BCUT2D eigenvalue weighted by atomic mass is 16.7. The first-order valence-electron chi connectivity index (χ1n) is 15.4. The maximum Gasteiger partial charge on any atom is 0.269 e. The summed E-state index contributed by atoms with van der Waals surface area (Å²) in [6, 6.07) is 25.9. The van der Waals surface area contributed by atoms with Crippen molar-refractivity contribution in [2.45, 2.75) is 38.1 Å². The average Bonchev–Trinajstić information content (AvgIpc) is 3.11. The van der Waals surface area contributed by atoms with Crippen LogP contribution in [0.3, 0.4) is 0 Å². The van der Waals surface area contributed by atoms with Crippen molar-refractivity contribution >= 4 is 17.3 Å². The maximum atomic E-state index is 12.4. The fourth-order valence-corrected chi connectivity index (χ4v) is 5.87. The van der Waals surface area contributed by atoms with Crippen LogP contribution in [0.2, 0.25) is 0 Å². The van der Waals surface area contributed by atoms with Gasteiger partial charge in [0, 0.05) is 81.5 Å². The third-order valence-corrected chi connectivity index (χ3v) is 8.50. The third-order valence-electron chi connectivity index (χ3n) is 8.50. The Morgan fingerprint density at radius 1 is 0.913 bits per heavy atom. The number of anilines is 1. The molecule has 238 valence electrons. The SMILES string of the molecule is O=C(NCc1ccc(C2OC(CN3CCN(c4ccc([N+](=O)[O-])cc4)CC3)CC(c3ccc(CO)cc3)O2)cc1)c1cccnc1. The molecule has 0 bridgehead atoms. The summed E-state index contributed by atoms with van der Waals surface area (Å²) >= 11 is 0. The standard InChI is InChI=1S/C35H37N5O6/c41-24-26-5-7-27(8-6-26)33-20-32(23-38-16-18-39(19-17-38)30-11-13-31(14-12-30)40(43)44)45-35(46-33)28-9-3-25(4-10-28)21-37-34(42)29-2-1-15-36-22-29/h1-15,22,32-33,35,41H,16-21,23-24H2,(H,37,42). The molecule has 2 fully saturated rings. The highest BCUT2D eigenvalue weighted by Crippen LogP contribution is 2.38. The molecule has 1 amide bonds. The first kappa shape index (κ1) is 31.3. The summed E-state index contributed by atoms with van der Waals surface area (Å²) in [5, 5.41) is 23.5. The second kappa shape index (κ2) is 14.6. The van der Waals surface area contributed by atoms with Gasteiger partial charge < -0.3 is 24.8 Å². The number of rotatable bonds is 10. The molecule has 1 aromatic heterocycles. The van der Waals surface area contributed by atoms with Gasteiger partial charge in [-0.25, -0.2) is 0 Å². The van der Waals surface area contributed by atoms with Crippen LogP contribution < -0.4 is 10.2 Å². The second-order valence-electron chi connectivity index (χ2n) is 11.6. The van der Waals surface area contributed by atoms with Crippen LogP contribution in [0.1, 0.15) is 51.4 Å². The van der Waals surface area contributed by atoms with E-state index in [-0.39, 0.29) is 35.3 Å². The first-order chi connectivity index (χ1) is 22.4. The molecule has 46 heavy (non-hydrogen) atoms. The molecule has 2 N–H and O–H groups in total. The lowest BCUT2D eigenvalue weighted by Gasteiger charge is -2.41. The molecule has 2 aliphatic heterocycles. The molecule has 4 aromatic rings. The number of piperazine rings is 1. The number of carbonyl (C=O) groups excluding carboxylic acids is 1. The predicted octanol–water partition coefficient (Wildman–Crippen LogP) is 4.78. The number of hydrogen-bond donors (Lipinski definition) is 2. The van der Waals surface area contributed by atoms with Gasteiger partial charge >= 0.3 is 0 Å². The fourth-order valence-electron chi connectivity index (χ4n) is 5.87. The monoisotopic (exact) mass is 623 g/mol. The summed E-state index contributed by atoms with van der Waals surface area (Å²) in [6.07, 6.45) is 3.04. The number of benzene rings is 3. The molecule has 0 spiro atoms. The van der Waals surface area contributed by atoms with E-state index in [0.717, 1.165) is 60.7 Å². The number of amides is 1. The molecule has 11 heteroatoms. The van der Waals surface area contributed by atoms with E-state index in [2.05, 4.69) is 20.1 Å². The molecule has 0 radical (unpaired) electrons. The van der Waals surface area contributed by atoms with Crippen molar-refractivity contribution in [1.82, 2.24) is 15.2 Å². The van der Waals surface area contributed by atoms with Crippen molar-refractivity contribution in [2.24, 2.45) is 0 Å². The molecular formula is C35H37N5O6. The molecule has 3 aromatic carbocycles. The largest absolute Gasteiger partial charge is 0.392 e. The van der Waals surface area contributed by atoms with Crippen molar-refractivity contribution in [3.63, 3.8) is 0 Å². The van der Waals surface area contributed by atoms with Crippen LogP contribution in [0.5, 0.6) is 0 Å². The molecule has 0 aliphatic carbocycles. The first-order valence-corrected chi connectivity index (χ1v) is 15.4. The number of aromatic nitrogens is 1. The molecule has 6 rings (SSSR count). The number of pyridine rings is 1. The van der Waals surface area contributed by atoms with Gasteiger partial charge in [0.15, 0.2) is 6.29 Å². The molecule has 2 saturated heterocycles. The summed E-state index contributed by atoms with van der Waals surface area (Å²) in [5.74, 6) is -0.178. The lowest BCUT2D eigenvalue weighted by atomic mass is 9.99. The van der Waals surface area contributed by atoms with Crippen LogP contribution in [0.4, 0.5) is 11.4 Å². The Bertz CT molecular complexity index is 1590. The van der Waals surface area contributed by atoms with Crippen LogP contribution >= 0.6 is 0 Å². The Morgan fingerprint density at radius 2 is 1.61 bits per heavy atom. The molecule has 0 saturated carbocycles. The summed E-state index contributed by atoms with van der Waals surface area (Å²) < 4.78 is 13.1. The van der Waals surface area contributed by atoms with Gasteiger partial charge in [0.25, 0.3) is 11.6 Å². The van der Waals surface area contributed by atoms with E-state index in [1.807, 2.05) is 60.7 Å². The van der Waals surface area contributed by atoms with Gasteiger partial charge in [0.05, 0.1) is 29.3 Å². The Morgan fingerprint density at radius 3 is 2.26 bits per heavy atom. The van der Waals surface area contributed by atoms with Crippen molar-refractivity contribution in [2.75, 3.05) is 37.6 Å². The van der Waals surface area contributed by atoms with Gasteiger partial charge in [-0.05, 0) is 41.0 Å². The molecule has 3 unspecified atom stereocenters. The quantitative estimate of drug-likeness (QED) is 0.189. The number of aliphatic hydroxyl groups is 1. The zero-order chi connectivity index (χ0) is 31.9. The lowest BCUT2D eigenvalue weighted by molar-refractivity contribution is -0.384. The summed E-state index contributed by atoms with van der Waals surface area (Å²) in [4.78, 5) is 31.7. The van der Waals surface area contributed by atoms with Crippen molar-refractivity contribution in [3.8, 4) is 0 Å². The smallest absolute Gasteiger partial charge is 0.269 e. The van der Waals surface area contributed by atoms with Crippen LogP contribution in [0, 0.1) is 10.1 Å². The van der Waals surface area contributed by atoms with Gasteiger partial charge in [-0.1, -0.05) is 48.5 Å². The number of non-ortho nitro benzene ring substituents is 1. The normalized spacial score (nSPS) is 20.3. The van der Waals surface area contributed by atoms with E-state index >= 15 is 0 Å². The molecule has 2 aliphatic rings. The van der Waals surface area contributed by atoms with Crippen molar-refractivity contribution in [1.29, 1.82) is 0 Å². The summed E-state index contributed by atoms with van der Waals surface area (Å²) in [7, 11) is 0. The van der Waals surface area contributed by atoms with E-state index in [4.69, 9.17) is 9.47 Å². The van der Waals surface area contributed by atoms with Crippen molar-refractivity contribution < 1.29 is 24.3 Å². The van der Waals surface area contributed by atoms with E-state index in [9.17, 15) is 20.0 Å². The molecule has 11 nitrogen and oxygen atoms in total. The van der Waals surface area contributed by atoms with Crippen LogP contribution in [0.25, 0.3) is 0 Å². The van der Waals surface area contributed by atoms with Crippen LogP contribution in [-0.2, 0) is 22.6 Å². The number of nitro benzene ring substituents is 1. The Kier molecular flexibility index (Phi) is 9.94. The highest BCUT2D eigenvalue weighted by Gasteiger charge is 2.34. The predicted molar refractivity (Wildman–Crippen MR) is 172 cm³/mol. The number of hydrogen-bond acceptors (Lipinski definition) is 9. The molecular weight excluding hydrogens is 586 g/mol. The molecule has 3 atom stereocenters. The third kappa shape index (κ3) is 7.75. The van der Waals surface area contributed by atoms with Gasteiger partial charge in [0.1, 0.15) is 0 Å². The number of nitro groups is 1. The minimum Gasteiger partial charge on any atom is -0.392 e. The number of aliphatic hydroxyl groups excluding tert-OH is 1. The van der Waals surface area contributed by atoms with Crippen LogP contribution in [0.15, 0.2) is 97.3 Å². The van der Waals surface area contributed by atoms with Gasteiger partial charge in [-0.3, -0.25) is 24.8 Å². The van der Waals surface area contributed by atoms with Crippen molar-refractivity contribution in [3.05, 3.63) is 135 Å². The topological polar surface area (TPSA) is 130 Å². The number of nitrogens with zero attached hydrogens (tertiary/aromatic N) is 4. The highest BCUT2D eigenvalue weighted by molar-refractivity contribution is 5.93. The van der Waals surface area contributed by atoms with Gasteiger partial charge in [-0.2, -0.15) is 0 Å². The minimum absolute atomic E-state index is 0.0128. The Labute approximate surface area is 267 Å². The second-order valence-corrected chi connectivity index (χ2v) is 11.6. The summed E-state index contributed by atoms with van der Waals surface area (Å²) in [5.41, 5.74) is 5.33. The Hall–Kier alpha value is -4.68. The van der Waals surface area contributed by atoms with E-state index in [1.165, 1.54) is 0 Å².